The third-order valence-electron chi connectivity index (χ3n) is 6.60. The maximum absolute atomic E-state index is 14.2. The molecule has 3 aromatic carbocycles. The van der Waals surface area contributed by atoms with Gasteiger partial charge in [-0.05, 0) is 41.1 Å². The smallest absolute Gasteiger partial charge is 0.400 e. The molecule has 4 nitrogen and oxygen atoms in total. The number of carboxylic acid groups (broad SMARTS) is 1. The minimum Gasteiger partial charge on any atom is -0.477 e. The third-order valence-corrected chi connectivity index (χ3v) is 6.60. The first kappa shape index (κ1) is 27.2. The Morgan fingerprint density at radius 3 is 2.21 bits per heavy atom. The molecule has 0 fully saturated rings. The van der Waals surface area contributed by atoms with Crippen molar-refractivity contribution in [3.8, 4) is 22.4 Å². The van der Waals surface area contributed by atoms with E-state index in [2.05, 4.69) is 16.0 Å². The second-order valence-corrected chi connectivity index (χ2v) is 8.78. The van der Waals surface area contributed by atoms with Crippen molar-refractivity contribution in [1.82, 2.24) is 9.97 Å². The third kappa shape index (κ3) is 4.73. The van der Waals surface area contributed by atoms with Gasteiger partial charge >= 0.3 is 12.1 Å². The van der Waals surface area contributed by atoms with Gasteiger partial charge in [0.25, 0.3) is 0 Å². The van der Waals surface area contributed by atoms with Gasteiger partial charge in [0.15, 0.2) is 0 Å². The summed E-state index contributed by atoms with van der Waals surface area (Å²) in [6.45, 7) is 1.26. The number of alkyl halides is 3. The molecule has 0 spiro atoms. The van der Waals surface area contributed by atoms with Gasteiger partial charge in [0, 0.05) is 32.5 Å². The fourth-order valence-corrected chi connectivity index (χ4v) is 4.60. The maximum Gasteiger partial charge on any atom is 0.400 e. The van der Waals surface area contributed by atoms with E-state index in [1.165, 1.54) is 19.2 Å². The number of rotatable bonds is 2. The number of carbonyl (C=O) groups is 1. The van der Waals surface area contributed by atoms with E-state index < -0.39 is 17.6 Å². The second-order valence-electron chi connectivity index (χ2n) is 8.78. The number of nitrogens with zero attached hydrogens (tertiary/aromatic N) is 2. The molecule has 0 amide bonds. The van der Waals surface area contributed by atoms with Crippen molar-refractivity contribution in [3.63, 3.8) is 0 Å². The van der Waals surface area contributed by atoms with E-state index in [0.717, 1.165) is 10.8 Å². The molecular weight excluding hydrogens is 670 g/mol. The standard InChI is InChI=1S/C24H15F3N.C6H5NO2.Ir/c1-23(24(25,26)27)20-9-5-4-8-18(20)19-11-10-16(12-21(19)23)22-13-15-6-2-3-7-17(15)14-28-22;8-6(9)5-3-1-2-4-7-5;/h2-9,11-14H,1H3;1-4H,(H,8,9);/q-1;;. The zero-order valence-corrected chi connectivity index (χ0v) is 22.3. The van der Waals surface area contributed by atoms with E-state index in [9.17, 15) is 18.0 Å². The summed E-state index contributed by atoms with van der Waals surface area (Å²) in [5.41, 5.74) is 0.942. The molecule has 0 saturated heterocycles. The quantitative estimate of drug-likeness (QED) is 0.197. The van der Waals surface area contributed by atoms with Crippen molar-refractivity contribution in [2.24, 2.45) is 0 Å². The van der Waals surface area contributed by atoms with Gasteiger partial charge in [-0.25, -0.2) is 9.78 Å². The summed E-state index contributed by atoms with van der Waals surface area (Å²) in [5, 5.41) is 10.3. The molecule has 6 rings (SSSR count). The molecule has 5 aromatic rings. The van der Waals surface area contributed by atoms with Crippen LogP contribution in [0, 0.1) is 6.07 Å². The predicted molar refractivity (Wildman–Crippen MR) is 135 cm³/mol. The molecule has 1 aliphatic carbocycles. The monoisotopic (exact) mass is 690 g/mol. The summed E-state index contributed by atoms with van der Waals surface area (Å²) in [6, 6.07) is 27.6. The summed E-state index contributed by atoms with van der Waals surface area (Å²) in [4.78, 5) is 18.2. The van der Waals surface area contributed by atoms with Gasteiger partial charge in [-0.15, -0.1) is 29.3 Å². The number of hydrogen-bond acceptors (Lipinski definition) is 3. The average Bonchev–Trinajstić information content (AvgIpc) is 3.18. The number of fused-ring (bicyclic) bond motifs is 4. The minimum absolute atomic E-state index is 0. The summed E-state index contributed by atoms with van der Waals surface area (Å²) in [7, 11) is 0. The van der Waals surface area contributed by atoms with Crippen LogP contribution in [0.4, 0.5) is 13.2 Å². The molecule has 1 atom stereocenters. The molecule has 1 N–H and O–H groups in total. The fraction of sp³-hybridized carbons (Fsp3) is 0.100. The molecule has 8 heteroatoms. The van der Waals surface area contributed by atoms with Crippen molar-refractivity contribution in [3.05, 3.63) is 120 Å². The Balaban J connectivity index is 0.000000288. The van der Waals surface area contributed by atoms with E-state index in [4.69, 9.17) is 5.11 Å². The summed E-state index contributed by atoms with van der Waals surface area (Å²) in [5.74, 6) is -0.990. The molecule has 1 radical (unpaired) electrons. The molecule has 1 aliphatic rings. The summed E-state index contributed by atoms with van der Waals surface area (Å²) < 4.78 is 42.7. The van der Waals surface area contributed by atoms with Crippen molar-refractivity contribution in [2.45, 2.75) is 18.5 Å². The molecule has 0 aliphatic heterocycles. The minimum atomic E-state index is -4.41. The zero-order chi connectivity index (χ0) is 26.2. The number of pyridine rings is 2. The average molecular weight is 690 g/mol. The second kappa shape index (κ2) is 10.5. The maximum atomic E-state index is 14.2. The molecule has 0 saturated carbocycles. The number of carboxylic acids is 1. The van der Waals surface area contributed by atoms with E-state index in [-0.39, 0.29) is 36.9 Å². The molecule has 38 heavy (non-hydrogen) atoms. The van der Waals surface area contributed by atoms with E-state index in [0.29, 0.717) is 22.4 Å². The van der Waals surface area contributed by atoms with Crippen LogP contribution in [0.15, 0.2) is 97.3 Å². The number of aromatic carboxylic acids is 1. The number of halogens is 3. The van der Waals surface area contributed by atoms with E-state index in [1.807, 2.05) is 30.3 Å². The largest absolute Gasteiger partial charge is 0.477 e. The van der Waals surface area contributed by atoms with Crippen LogP contribution in [0.5, 0.6) is 0 Å². The van der Waals surface area contributed by atoms with Crippen molar-refractivity contribution >= 4 is 16.7 Å². The first-order chi connectivity index (χ1) is 17.7. The normalized spacial score (nSPS) is 15.5. The van der Waals surface area contributed by atoms with Gasteiger partial charge < -0.3 is 10.1 Å². The van der Waals surface area contributed by atoms with Gasteiger partial charge in [0.2, 0.25) is 0 Å². The van der Waals surface area contributed by atoms with Crippen molar-refractivity contribution in [1.29, 1.82) is 0 Å². The van der Waals surface area contributed by atoms with Crippen LogP contribution in [0.1, 0.15) is 28.5 Å². The summed E-state index contributed by atoms with van der Waals surface area (Å²) in [6.07, 6.45) is -1.23. The SMILES string of the molecule is CC1(C(F)(F)F)c2ccccc2-c2c[c-]c(-c3cc4ccccc4cn3)cc21.O=C(O)c1ccccn1.[Ir]. The predicted octanol–water partition coefficient (Wildman–Crippen LogP) is 7.33. The first-order valence-electron chi connectivity index (χ1n) is 11.4. The molecule has 0 bridgehead atoms. The Labute approximate surface area is 230 Å². The molecule has 1 unspecified atom stereocenters. The van der Waals surface area contributed by atoms with Crippen LogP contribution >= 0.6 is 0 Å². The Morgan fingerprint density at radius 2 is 1.55 bits per heavy atom. The van der Waals surface area contributed by atoms with Gasteiger partial charge in [-0.2, -0.15) is 13.2 Å². The molecule has 2 heterocycles. The van der Waals surface area contributed by atoms with Crippen LogP contribution in [0.25, 0.3) is 33.2 Å². The fourth-order valence-electron chi connectivity index (χ4n) is 4.60. The van der Waals surface area contributed by atoms with Crippen LogP contribution in [0.2, 0.25) is 0 Å². The van der Waals surface area contributed by atoms with Gasteiger partial charge in [-0.3, -0.25) is 0 Å². The van der Waals surface area contributed by atoms with Crippen molar-refractivity contribution < 1.29 is 43.2 Å². The van der Waals surface area contributed by atoms with Gasteiger partial charge in [0.05, 0.1) is 5.41 Å². The van der Waals surface area contributed by atoms with Gasteiger partial charge in [0.1, 0.15) is 5.69 Å². The molecule has 193 valence electrons. The van der Waals surface area contributed by atoms with Crippen LogP contribution < -0.4 is 0 Å². The van der Waals surface area contributed by atoms with Crippen molar-refractivity contribution in [2.75, 3.05) is 0 Å². The van der Waals surface area contributed by atoms with E-state index >= 15 is 0 Å². The van der Waals surface area contributed by atoms with E-state index in [1.54, 1.807) is 54.7 Å². The van der Waals surface area contributed by atoms with Crippen LogP contribution in [-0.4, -0.2) is 27.2 Å². The Bertz CT molecular complexity index is 1620. The topological polar surface area (TPSA) is 63.1 Å². The first-order valence-corrected chi connectivity index (χ1v) is 11.4. The Hall–Kier alpha value is -3.87. The number of hydrogen-bond donors (Lipinski definition) is 1. The molecule has 2 aromatic heterocycles. The van der Waals surface area contributed by atoms with Crippen LogP contribution in [0.3, 0.4) is 0 Å². The number of benzene rings is 3. The number of aromatic nitrogens is 2. The van der Waals surface area contributed by atoms with Crippen LogP contribution in [-0.2, 0) is 25.5 Å². The molecular formula is C30H20F3IrN2O2-. The van der Waals surface area contributed by atoms with Gasteiger partial charge in [-0.1, -0.05) is 71.8 Å². The summed E-state index contributed by atoms with van der Waals surface area (Å²) >= 11 is 0. The Morgan fingerprint density at radius 1 is 0.868 bits per heavy atom. The zero-order valence-electron chi connectivity index (χ0n) is 20.0. The Kier molecular flexibility index (Phi) is 7.49.